The van der Waals surface area contributed by atoms with Gasteiger partial charge in [-0.3, -0.25) is 9.69 Å². The average Bonchev–Trinajstić information content (AvgIpc) is 3.20. The van der Waals surface area contributed by atoms with E-state index < -0.39 is 0 Å². The molecule has 0 bridgehead atoms. The van der Waals surface area contributed by atoms with Crippen molar-refractivity contribution in [3.05, 3.63) is 89.4 Å². The predicted octanol–water partition coefficient (Wildman–Crippen LogP) is 4.81. The van der Waals surface area contributed by atoms with Crippen molar-refractivity contribution in [1.29, 1.82) is 0 Å². The van der Waals surface area contributed by atoms with Gasteiger partial charge in [-0.25, -0.2) is 4.98 Å². The lowest BCUT2D eigenvalue weighted by Gasteiger charge is -2.17. The van der Waals surface area contributed by atoms with E-state index >= 15 is 0 Å². The number of quaternary nitrogens is 1. The minimum absolute atomic E-state index is 0.0368. The molecule has 29 heavy (non-hydrogen) atoms. The molecule has 0 saturated carbocycles. The van der Waals surface area contributed by atoms with Crippen molar-refractivity contribution in [3.63, 3.8) is 0 Å². The van der Waals surface area contributed by atoms with Crippen LogP contribution in [0.1, 0.15) is 31.1 Å². The van der Waals surface area contributed by atoms with Gasteiger partial charge in [0.15, 0.2) is 5.13 Å². The quantitative estimate of drug-likeness (QED) is 0.503. The van der Waals surface area contributed by atoms with Gasteiger partial charge in [0.25, 0.3) is 0 Å². The van der Waals surface area contributed by atoms with Crippen molar-refractivity contribution in [2.45, 2.75) is 26.4 Å². The first kappa shape index (κ1) is 19.3. The molecular weight excluding hydrogens is 378 g/mol. The summed E-state index contributed by atoms with van der Waals surface area (Å²) in [6.45, 7) is 4.56. The Labute approximate surface area is 174 Å². The maximum absolute atomic E-state index is 12.2. The maximum Gasteiger partial charge on any atom is 0.230 e. The van der Waals surface area contributed by atoms with Crippen LogP contribution in [0.4, 0.5) is 10.8 Å². The highest BCUT2D eigenvalue weighted by molar-refractivity contribution is 7.14. The largest absolute Gasteiger partial charge is 0.335 e. The molecule has 1 amide bonds. The summed E-state index contributed by atoms with van der Waals surface area (Å²) in [6.07, 6.45) is 0. The van der Waals surface area contributed by atoms with Crippen molar-refractivity contribution >= 4 is 38.8 Å². The highest BCUT2D eigenvalue weighted by Crippen LogP contribution is 2.28. The molecule has 3 aromatic carbocycles. The van der Waals surface area contributed by atoms with Crippen molar-refractivity contribution in [2.24, 2.45) is 0 Å². The van der Waals surface area contributed by atoms with Gasteiger partial charge >= 0.3 is 0 Å². The van der Waals surface area contributed by atoms with Gasteiger partial charge < -0.3 is 5.32 Å². The third-order valence-corrected chi connectivity index (χ3v) is 5.93. The van der Waals surface area contributed by atoms with Crippen molar-refractivity contribution in [3.8, 4) is 0 Å². The molecule has 5 heteroatoms. The number of hydrogen-bond acceptors (Lipinski definition) is 3. The third-order valence-electron chi connectivity index (χ3n) is 5.05. The molecule has 2 N–H and O–H groups in total. The van der Waals surface area contributed by atoms with Gasteiger partial charge in [-0.2, -0.15) is 0 Å². The maximum atomic E-state index is 12.2. The van der Waals surface area contributed by atoms with E-state index in [-0.39, 0.29) is 5.91 Å². The summed E-state index contributed by atoms with van der Waals surface area (Å²) in [5.74, 6) is -0.0368. The molecule has 0 unspecified atom stereocenters. The first-order valence-corrected chi connectivity index (χ1v) is 10.6. The molecule has 1 heterocycles. The number of benzene rings is 3. The van der Waals surface area contributed by atoms with Crippen LogP contribution < -0.4 is 10.2 Å². The van der Waals surface area contributed by atoms with Crippen LogP contribution in [-0.2, 0) is 11.3 Å². The normalized spacial score (nSPS) is 12.1. The van der Waals surface area contributed by atoms with Gasteiger partial charge in [0.05, 0.1) is 5.69 Å². The lowest BCUT2D eigenvalue weighted by molar-refractivity contribution is -0.708. The standard InChI is InChI=1S/C24H23N3OS/c1-17(22-14-8-10-19-9-6-7-13-23(19)22)25-15-20-16-29-24(26-20)27(18(2)28)21-11-4-3-5-12-21/h3-14,16-17,25H,15H2,1-2H3/p+1/t17-/m1/s1. The van der Waals surface area contributed by atoms with Gasteiger partial charge in [-0.15, -0.1) is 11.3 Å². The zero-order valence-electron chi connectivity index (χ0n) is 16.6. The number of aromatic nitrogens is 1. The summed E-state index contributed by atoms with van der Waals surface area (Å²) in [5, 5.41) is 7.61. The smallest absolute Gasteiger partial charge is 0.230 e. The van der Waals surface area contributed by atoms with Gasteiger partial charge in [-0.05, 0) is 29.8 Å². The zero-order chi connectivity index (χ0) is 20.2. The third kappa shape index (κ3) is 4.21. The molecular formula is C24H24N3OS+. The summed E-state index contributed by atoms with van der Waals surface area (Å²) in [5.41, 5.74) is 3.15. The second-order valence-electron chi connectivity index (χ2n) is 7.11. The summed E-state index contributed by atoms with van der Waals surface area (Å²) in [7, 11) is 0. The summed E-state index contributed by atoms with van der Waals surface area (Å²) in [6, 6.07) is 24.9. The second-order valence-corrected chi connectivity index (χ2v) is 7.94. The van der Waals surface area contributed by atoms with E-state index in [9.17, 15) is 4.79 Å². The van der Waals surface area contributed by atoms with Crippen molar-refractivity contribution < 1.29 is 10.1 Å². The Morgan fingerprint density at radius 3 is 2.55 bits per heavy atom. The average molecular weight is 403 g/mol. The number of nitrogens with two attached hydrogens (primary N) is 1. The fourth-order valence-electron chi connectivity index (χ4n) is 3.57. The van der Waals surface area contributed by atoms with E-state index in [2.05, 4.69) is 54.7 Å². The van der Waals surface area contributed by atoms with Crippen LogP contribution in [0.5, 0.6) is 0 Å². The molecule has 4 rings (SSSR count). The second kappa shape index (κ2) is 8.55. The number of carbonyl (C=O) groups excluding carboxylic acids is 1. The SMILES string of the molecule is CC(=O)N(c1ccccc1)c1nc(C[NH2+][C@H](C)c2cccc3ccccc23)cs1. The Morgan fingerprint density at radius 1 is 1.03 bits per heavy atom. The van der Waals surface area contributed by atoms with E-state index in [1.807, 2.05) is 35.7 Å². The molecule has 0 fully saturated rings. The molecule has 0 aliphatic rings. The molecule has 0 aliphatic heterocycles. The van der Waals surface area contributed by atoms with Crippen LogP contribution in [0.25, 0.3) is 10.8 Å². The highest BCUT2D eigenvalue weighted by atomic mass is 32.1. The molecule has 0 saturated heterocycles. The van der Waals surface area contributed by atoms with E-state index in [0.29, 0.717) is 11.2 Å². The van der Waals surface area contributed by atoms with E-state index in [0.717, 1.165) is 17.9 Å². The van der Waals surface area contributed by atoms with Gasteiger partial charge in [-0.1, -0.05) is 60.7 Å². The lowest BCUT2D eigenvalue weighted by atomic mass is 10.00. The van der Waals surface area contributed by atoms with Crippen LogP contribution in [0, 0.1) is 0 Å². The fraction of sp³-hybridized carbons (Fsp3) is 0.167. The van der Waals surface area contributed by atoms with Crippen molar-refractivity contribution in [1.82, 2.24) is 4.98 Å². The molecule has 146 valence electrons. The monoisotopic (exact) mass is 402 g/mol. The Balaban J connectivity index is 1.50. The van der Waals surface area contributed by atoms with Crippen LogP contribution in [0.3, 0.4) is 0 Å². The number of thiazole rings is 1. The van der Waals surface area contributed by atoms with E-state index in [4.69, 9.17) is 4.98 Å². The zero-order valence-corrected chi connectivity index (χ0v) is 17.4. The number of anilines is 2. The fourth-order valence-corrected chi connectivity index (χ4v) is 4.47. The predicted molar refractivity (Wildman–Crippen MR) is 119 cm³/mol. The van der Waals surface area contributed by atoms with Crippen LogP contribution in [0.2, 0.25) is 0 Å². The summed E-state index contributed by atoms with van der Waals surface area (Å²) in [4.78, 5) is 18.6. The number of fused-ring (bicyclic) bond motifs is 1. The van der Waals surface area contributed by atoms with Crippen molar-refractivity contribution in [2.75, 3.05) is 4.90 Å². The molecule has 4 nitrogen and oxygen atoms in total. The number of carbonyl (C=O) groups is 1. The Morgan fingerprint density at radius 2 is 1.76 bits per heavy atom. The lowest BCUT2D eigenvalue weighted by Crippen LogP contribution is -2.83. The minimum atomic E-state index is -0.0368. The Hall–Kier alpha value is -3.02. The Kier molecular flexibility index (Phi) is 5.69. The molecule has 0 spiro atoms. The van der Waals surface area contributed by atoms with Gasteiger partial charge in [0, 0.05) is 17.9 Å². The van der Waals surface area contributed by atoms with Crippen LogP contribution in [-0.4, -0.2) is 10.9 Å². The molecule has 1 atom stereocenters. The first-order valence-electron chi connectivity index (χ1n) is 9.74. The minimum Gasteiger partial charge on any atom is -0.335 e. The van der Waals surface area contributed by atoms with E-state index in [1.165, 1.54) is 27.7 Å². The molecule has 0 aliphatic carbocycles. The first-order chi connectivity index (χ1) is 14.1. The topological polar surface area (TPSA) is 49.8 Å². The molecule has 0 radical (unpaired) electrons. The number of amides is 1. The van der Waals surface area contributed by atoms with Gasteiger partial charge in [0.2, 0.25) is 5.91 Å². The van der Waals surface area contributed by atoms with Crippen LogP contribution >= 0.6 is 11.3 Å². The Bertz CT molecular complexity index is 1120. The highest BCUT2D eigenvalue weighted by Gasteiger charge is 2.19. The molecule has 4 aromatic rings. The van der Waals surface area contributed by atoms with Crippen LogP contribution in [0.15, 0.2) is 78.2 Å². The number of para-hydroxylation sites is 1. The number of hydrogen-bond donors (Lipinski definition) is 1. The number of nitrogens with zero attached hydrogens (tertiary/aromatic N) is 2. The van der Waals surface area contributed by atoms with Gasteiger partial charge in [0.1, 0.15) is 18.3 Å². The molecule has 1 aromatic heterocycles. The number of rotatable bonds is 6. The summed E-state index contributed by atoms with van der Waals surface area (Å²) < 4.78 is 0. The van der Waals surface area contributed by atoms with E-state index in [1.54, 1.807) is 11.8 Å². The summed E-state index contributed by atoms with van der Waals surface area (Å²) >= 11 is 1.50.